The molecule has 0 spiro atoms. The summed E-state index contributed by atoms with van der Waals surface area (Å²) >= 11 is 6.18. The van der Waals surface area contributed by atoms with E-state index < -0.39 is 14.6 Å². The van der Waals surface area contributed by atoms with Gasteiger partial charge in [-0.25, -0.2) is 8.42 Å². The highest BCUT2D eigenvalue weighted by Crippen LogP contribution is 2.35. The van der Waals surface area contributed by atoms with E-state index in [2.05, 4.69) is 5.32 Å². The third-order valence-corrected chi connectivity index (χ3v) is 5.77. The normalized spacial score (nSPS) is 14.5. The standard InChI is InChI=1S/C13H20ClNO2S/c1-5-15-12(13(2,3)18(4,16)17)10-8-6-7-9-11(10)14/h6-9,12,15H,5H2,1-4H3. The minimum absolute atomic E-state index is 0.328. The van der Waals surface area contributed by atoms with Crippen LogP contribution in [0.1, 0.15) is 32.4 Å². The Morgan fingerprint density at radius 1 is 1.33 bits per heavy atom. The first-order chi connectivity index (χ1) is 8.21. The largest absolute Gasteiger partial charge is 0.309 e. The van der Waals surface area contributed by atoms with E-state index in [1.165, 1.54) is 6.26 Å². The zero-order chi connectivity index (χ0) is 14.0. The average molecular weight is 290 g/mol. The summed E-state index contributed by atoms with van der Waals surface area (Å²) in [5.41, 5.74) is 0.816. The van der Waals surface area contributed by atoms with Gasteiger partial charge >= 0.3 is 0 Å². The van der Waals surface area contributed by atoms with Crippen molar-refractivity contribution < 1.29 is 8.42 Å². The lowest BCUT2D eigenvalue weighted by molar-refractivity contribution is 0.428. The molecule has 102 valence electrons. The lowest BCUT2D eigenvalue weighted by atomic mass is 9.95. The molecule has 0 radical (unpaired) electrons. The zero-order valence-electron chi connectivity index (χ0n) is 11.2. The van der Waals surface area contributed by atoms with Crippen molar-refractivity contribution in [1.82, 2.24) is 5.32 Å². The van der Waals surface area contributed by atoms with Crippen LogP contribution < -0.4 is 5.32 Å². The quantitative estimate of drug-likeness (QED) is 0.907. The van der Waals surface area contributed by atoms with Crippen LogP contribution in [-0.4, -0.2) is 26.0 Å². The third-order valence-electron chi connectivity index (χ3n) is 3.28. The lowest BCUT2D eigenvalue weighted by Crippen LogP contribution is -2.45. The Bertz CT molecular complexity index is 511. The van der Waals surface area contributed by atoms with Gasteiger partial charge < -0.3 is 5.32 Å². The van der Waals surface area contributed by atoms with Crippen LogP contribution in [0.4, 0.5) is 0 Å². The van der Waals surface area contributed by atoms with Crippen molar-refractivity contribution in [2.24, 2.45) is 0 Å². The molecular weight excluding hydrogens is 270 g/mol. The van der Waals surface area contributed by atoms with Crippen molar-refractivity contribution in [2.45, 2.75) is 31.6 Å². The van der Waals surface area contributed by atoms with Gasteiger partial charge in [0.25, 0.3) is 0 Å². The van der Waals surface area contributed by atoms with E-state index in [-0.39, 0.29) is 6.04 Å². The first kappa shape index (κ1) is 15.5. The second kappa shape index (κ2) is 5.59. The molecule has 1 N–H and O–H groups in total. The summed E-state index contributed by atoms with van der Waals surface area (Å²) < 4.78 is 23.0. The summed E-state index contributed by atoms with van der Waals surface area (Å²) in [6, 6.07) is 7.01. The van der Waals surface area contributed by atoms with Crippen molar-refractivity contribution in [2.75, 3.05) is 12.8 Å². The van der Waals surface area contributed by atoms with E-state index in [9.17, 15) is 8.42 Å². The summed E-state index contributed by atoms with van der Waals surface area (Å²) in [6.45, 7) is 6.06. The van der Waals surface area contributed by atoms with Crippen LogP contribution in [0, 0.1) is 0 Å². The predicted molar refractivity (Wildman–Crippen MR) is 76.8 cm³/mol. The van der Waals surface area contributed by atoms with Gasteiger partial charge in [0.1, 0.15) is 0 Å². The summed E-state index contributed by atoms with van der Waals surface area (Å²) in [5.74, 6) is 0. The molecule has 3 nitrogen and oxygen atoms in total. The van der Waals surface area contributed by atoms with Gasteiger partial charge in [0.2, 0.25) is 0 Å². The van der Waals surface area contributed by atoms with Crippen molar-refractivity contribution in [3.05, 3.63) is 34.9 Å². The molecule has 0 aliphatic heterocycles. The maximum Gasteiger partial charge on any atom is 0.154 e. The van der Waals surface area contributed by atoms with Crippen LogP contribution in [0.2, 0.25) is 5.02 Å². The van der Waals surface area contributed by atoms with E-state index >= 15 is 0 Å². The molecule has 18 heavy (non-hydrogen) atoms. The fraction of sp³-hybridized carbons (Fsp3) is 0.538. The summed E-state index contributed by atoms with van der Waals surface area (Å²) in [4.78, 5) is 0. The second-order valence-electron chi connectivity index (χ2n) is 4.89. The highest BCUT2D eigenvalue weighted by Gasteiger charge is 2.40. The van der Waals surface area contributed by atoms with Gasteiger partial charge in [-0.2, -0.15) is 0 Å². The van der Waals surface area contributed by atoms with Crippen LogP contribution in [0.3, 0.4) is 0 Å². The number of halogens is 1. The van der Waals surface area contributed by atoms with Crippen molar-refractivity contribution in [3.8, 4) is 0 Å². The maximum atomic E-state index is 12.0. The number of hydrogen-bond donors (Lipinski definition) is 1. The number of hydrogen-bond acceptors (Lipinski definition) is 3. The maximum absolute atomic E-state index is 12.0. The number of sulfone groups is 1. The molecule has 1 rings (SSSR count). The lowest BCUT2D eigenvalue weighted by Gasteiger charge is -2.34. The molecule has 0 aromatic heterocycles. The Morgan fingerprint density at radius 2 is 1.89 bits per heavy atom. The molecule has 0 aliphatic rings. The van der Waals surface area contributed by atoms with Gasteiger partial charge in [0.05, 0.1) is 10.8 Å². The first-order valence-corrected chi connectivity index (χ1v) is 8.16. The monoisotopic (exact) mass is 289 g/mol. The summed E-state index contributed by atoms with van der Waals surface area (Å²) in [7, 11) is -3.21. The molecule has 0 saturated carbocycles. The molecule has 5 heteroatoms. The number of rotatable bonds is 5. The molecule has 0 fully saturated rings. The fourth-order valence-corrected chi connectivity index (χ4v) is 2.74. The van der Waals surface area contributed by atoms with Crippen molar-refractivity contribution in [1.29, 1.82) is 0 Å². The van der Waals surface area contributed by atoms with Crippen LogP contribution >= 0.6 is 11.6 Å². The SMILES string of the molecule is CCNC(c1ccccc1Cl)C(C)(C)S(C)(=O)=O. The molecule has 0 saturated heterocycles. The Labute approximate surface area is 114 Å². The van der Waals surface area contributed by atoms with E-state index in [0.29, 0.717) is 11.6 Å². The van der Waals surface area contributed by atoms with Crippen molar-refractivity contribution in [3.63, 3.8) is 0 Å². The molecule has 1 unspecified atom stereocenters. The van der Waals surface area contributed by atoms with E-state index in [1.54, 1.807) is 19.9 Å². The smallest absolute Gasteiger partial charge is 0.154 e. The minimum Gasteiger partial charge on any atom is -0.309 e. The zero-order valence-corrected chi connectivity index (χ0v) is 12.8. The van der Waals surface area contributed by atoms with Gasteiger partial charge in [-0.05, 0) is 32.0 Å². The van der Waals surface area contributed by atoms with E-state index in [4.69, 9.17) is 11.6 Å². The molecule has 0 amide bonds. The molecule has 0 bridgehead atoms. The second-order valence-corrected chi connectivity index (χ2v) is 7.89. The van der Waals surface area contributed by atoms with Crippen LogP contribution in [0.25, 0.3) is 0 Å². The summed E-state index contributed by atoms with van der Waals surface area (Å²) in [5, 5.41) is 3.81. The van der Waals surface area contributed by atoms with Crippen LogP contribution in [0.5, 0.6) is 0 Å². The Hall–Kier alpha value is -0.580. The molecular formula is C13H20ClNO2S. The Balaban J connectivity index is 3.32. The van der Waals surface area contributed by atoms with Crippen LogP contribution in [-0.2, 0) is 9.84 Å². The number of nitrogens with one attached hydrogen (secondary N) is 1. The molecule has 1 aromatic carbocycles. The summed E-state index contributed by atoms with van der Waals surface area (Å²) in [6.07, 6.45) is 1.26. The van der Waals surface area contributed by atoms with E-state index in [0.717, 1.165) is 5.56 Å². The van der Waals surface area contributed by atoms with Crippen molar-refractivity contribution >= 4 is 21.4 Å². The van der Waals surface area contributed by atoms with E-state index in [1.807, 2.05) is 25.1 Å². The van der Waals surface area contributed by atoms with Gasteiger partial charge in [-0.3, -0.25) is 0 Å². The predicted octanol–water partition coefficient (Wildman–Crippen LogP) is 2.81. The third kappa shape index (κ3) is 3.05. The molecule has 0 aliphatic carbocycles. The topological polar surface area (TPSA) is 46.2 Å². The van der Waals surface area contributed by atoms with Gasteiger partial charge in [0.15, 0.2) is 9.84 Å². The first-order valence-electron chi connectivity index (χ1n) is 5.89. The fourth-order valence-electron chi connectivity index (χ4n) is 1.86. The Kier molecular flexibility index (Phi) is 4.81. The molecule has 1 atom stereocenters. The Morgan fingerprint density at radius 3 is 2.33 bits per heavy atom. The van der Waals surface area contributed by atoms with Crippen LogP contribution in [0.15, 0.2) is 24.3 Å². The average Bonchev–Trinajstić information content (AvgIpc) is 2.25. The minimum atomic E-state index is -3.21. The number of benzene rings is 1. The highest BCUT2D eigenvalue weighted by atomic mass is 35.5. The van der Waals surface area contributed by atoms with Gasteiger partial charge in [0, 0.05) is 11.3 Å². The molecule has 0 heterocycles. The van der Waals surface area contributed by atoms with Gasteiger partial charge in [-0.1, -0.05) is 36.7 Å². The molecule has 1 aromatic rings. The van der Waals surface area contributed by atoms with Gasteiger partial charge in [-0.15, -0.1) is 0 Å². The highest BCUT2D eigenvalue weighted by molar-refractivity contribution is 7.92.